The van der Waals surface area contributed by atoms with E-state index < -0.39 is 29.6 Å². The molecule has 1 unspecified atom stereocenters. The molecular weight excluding hydrogens is 384 g/mol. The first-order valence-electron chi connectivity index (χ1n) is 9.98. The minimum Gasteiger partial charge on any atom is -0.479 e. The summed E-state index contributed by atoms with van der Waals surface area (Å²) < 4.78 is 5.45. The molecule has 2 aromatic carbocycles. The Morgan fingerprint density at radius 2 is 1.63 bits per heavy atom. The number of fused-ring (bicyclic) bond motifs is 3. The molecule has 0 aromatic heterocycles. The van der Waals surface area contributed by atoms with Crippen LogP contribution >= 0.6 is 0 Å². The third-order valence-electron chi connectivity index (χ3n) is 6.14. The molecule has 7 nitrogen and oxygen atoms in total. The quantitative estimate of drug-likeness (QED) is 0.766. The highest BCUT2D eigenvalue weighted by molar-refractivity contribution is 5.92. The molecule has 2 aliphatic rings. The van der Waals surface area contributed by atoms with Crippen molar-refractivity contribution in [3.05, 3.63) is 59.7 Å². The molecule has 7 heteroatoms. The van der Waals surface area contributed by atoms with Crippen LogP contribution in [-0.4, -0.2) is 53.2 Å². The lowest BCUT2D eigenvalue weighted by molar-refractivity contribution is -0.151. The molecule has 0 radical (unpaired) electrons. The fraction of sp³-hybridized carbons (Fsp3) is 0.348. The molecule has 0 spiro atoms. The Bertz CT molecular complexity index is 969. The van der Waals surface area contributed by atoms with Crippen LogP contribution in [0.4, 0.5) is 4.79 Å². The van der Waals surface area contributed by atoms with E-state index in [1.807, 2.05) is 36.4 Å². The maximum atomic E-state index is 12.5. The van der Waals surface area contributed by atoms with Gasteiger partial charge in [0, 0.05) is 13.0 Å². The first-order valence-corrected chi connectivity index (χ1v) is 9.98. The van der Waals surface area contributed by atoms with Gasteiger partial charge in [-0.05, 0) is 42.0 Å². The van der Waals surface area contributed by atoms with Crippen molar-refractivity contribution in [2.45, 2.75) is 37.3 Å². The molecular formula is C23H24N2O5. The number of amides is 2. The topological polar surface area (TPSA) is 95.9 Å². The maximum Gasteiger partial charge on any atom is 0.407 e. The Kier molecular flexibility index (Phi) is 4.97. The Hall–Kier alpha value is -3.35. The van der Waals surface area contributed by atoms with Gasteiger partial charge in [-0.25, -0.2) is 9.59 Å². The monoisotopic (exact) mass is 408 g/mol. The van der Waals surface area contributed by atoms with Crippen LogP contribution in [0.3, 0.4) is 0 Å². The minimum absolute atomic E-state index is 0.0708. The molecule has 2 aromatic rings. The zero-order valence-electron chi connectivity index (χ0n) is 16.9. The lowest BCUT2D eigenvalue weighted by Crippen LogP contribution is -2.52. The number of carbonyl (C=O) groups excluding carboxylic acids is 2. The smallest absolute Gasteiger partial charge is 0.407 e. The number of nitrogens with zero attached hydrogens (tertiary/aromatic N) is 1. The number of carbonyl (C=O) groups is 3. The van der Waals surface area contributed by atoms with Gasteiger partial charge in [0.15, 0.2) is 0 Å². The standard InChI is InChI=1S/C23H24N2O5/c1-14(20(26)25(2)23(11-12-23)21(27)28)24-22(29)30-13-19-17-9-5-3-7-15(17)16-8-4-6-10-18(16)19/h3-10,14,19H,11-13H2,1-2H3,(H,24,29)(H,27,28). The summed E-state index contributed by atoms with van der Waals surface area (Å²) in [4.78, 5) is 37.5. The van der Waals surface area contributed by atoms with Gasteiger partial charge in [0.1, 0.15) is 18.2 Å². The normalized spacial score (nSPS) is 16.7. The Morgan fingerprint density at radius 1 is 1.10 bits per heavy atom. The van der Waals surface area contributed by atoms with Crippen molar-refractivity contribution in [3.8, 4) is 11.1 Å². The zero-order chi connectivity index (χ0) is 21.5. The van der Waals surface area contributed by atoms with Gasteiger partial charge < -0.3 is 20.1 Å². The highest BCUT2D eigenvalue weighted by Gasteiger charge is 2.56. The van der Waals surface area contributed by atoms with Gasteiger partial charge in [0.25, 0.3) is 0 Å². The minimum atomic E-state index is -1.14. The molecule has 0 saturated heterocycles. The largest absolute Gasteiger partial charge is 0.479 e. The number of carboxylic acids is 1. The van der Waals surface area contributed by atoms with Gasteiger partial charge in [0.2, 0.25) is 5.91 Å². The van der Waals surface area contributed by atoms with Crippen LogP contribution in [0.25, 0.3) is 11.1 Å². The van der Waals surface area contributed by atoms with E-state index in [-0.39, 0.29) is 12.5 Å². The number of hydrogen-bond acceptors (Lipinski definition) is 4. The number of benzene rings is 2. The molecule has 2 aliphatic carbocycles. The van der Waals surface area contributed by atoms with Crippen LogP contribution in [-0.2, 0) is 14.3 Å². The molecule has 0 aliphatic heterocycles. The summed E-state index contributed by atoms with van der Waals surface area (Å²) in [7, 11) is 1.46. The van der Waals surface area contributed by atoms with Crippen molar-refractivity contribution >= 4 is 18.0 Å². The van der Waals surface area contributed by atoms with Gasteiger partial charge in [0.05, 0.1) is 0 Å². The highest BCUT2D eigenvalue weighted by atomic mass is 16.5. The summed E-state index contributed by atoms with van der Waals surface area (Å²) in [6.07, 6.45) is 0.135. The fourth-order valence-electron chi connectivity index (χ4n) is 4.19. The fourth-order valence-corrected chi connectivity index (χ4v) is 4.19. The van der Waals surface area contributed by atoms with Crippen molar-refractivity contribution < 1.29 is 24.2 Å². The van der Waals surface area contributed by atoms with E-state index in [1.165, 1.54) is 18.9 Å². The van der Waals surface area contributed by atoms with Crippen molar-refractivity contribution in [1.29, 1.82) is 0 Å². The lowest BCUT2D eigenvalue weighted by atomic mass is 9.98. The van der Waals surface area contributed by atoms with Gasteiger partial charge in [-0.1, -0.05) is 48.5 Å². The van der Waals surface area contributed by atoms with Gasteiger partial charge in [-0.2, -0.15) is 0 Å². The number of aliphatic carboxylic acids is 1. The Balaban J connectivity index is 1.39. The summed E-state index contributed by atoms with van der Waals surface area (Å²) in [5.41, 5.74) is 3.33. The van der Waals surface area contributed by atoms with E-state index in [2.05, 4.69) is 17.4 Å². The van der Waals surface area contributed by atoms with Crippen LogP contribution in [0.5, 0.6) is 0 Å². The van der Waals surface area contributed by atoms with Crippen LogP contribution in [0, 0.1) is 0 Å². The molecule has 1 fully saturated rings. The Morgan fingerprint density at radius 3 is 2.13 bits per heavy atom. The van der Waals surface area contributed by atoms with Gasteiger partial charge in [-0.3, -0.25) is 4.79 Å². The molecule has 0 heterocycles. The average Bonchev–Trinajstić information content (AvgIpc) is 3.50. The summed E-state index contributed by atoms with van der Waals surface area (Å²) in [5.74, 6) is -1.55. The van der Waals surface area contributed by atoms with E-state index >= 15 is 0 Å². The summed E-state index contributed by atoms with van der Waals surface area (Å²) >= 11 is 0. The number of rotatable bonds is 6. The SMILES string of the molecule is CC(NC(=O)OCC1c2ccccc2-c2ccccc21)C(=O)N(C)C1(C(=O)O)CC1. The van der Waals surface area contributed by atoms with Gasteiger partial charge >= 0.3 is 12.1 Å². The summed E-state index contributed by atoms with van der Waals surface area (Å²) in [5, 5.41) is 11.9. The third-order valence-corrected chi connectivity index (χ3v) is 6.14. The number of nitrogens with one attached hydrogen (secondary N) is 1. The second-order valence-electron chi connectivity index (χ2n) is 7.93. The van der Waals surface area contributed by atoms with E-state index in [0.29, 0.717) is 12.8 Å². The number of hydrogen-bond donors (Lipinski definition) is 2. The van der Waals surface area contributed by atoms with Crippen molar-refractivity contribution in [2.24, 2.45) is 0 Å². The van der Waals surface area contributed by atoms with Gasteiger partial charge in [-0.15, -0.1) is 0 Å². The van der Waals surface area contributed by atoms with Crippen LogP contribution in [0.15, 0.2) is 48.5 Å². The molecule has 0 bridgehead atoms. The molecule has 1 saturated carbocycles. The molecule has 30 heavy (non-hydrogen) atoms. The predicted octanol–water partition coefficient (Wildman–Crippen LogP) is 2.99. The second-order valence-corrected chi connectivity index (χ2v) is 7.93. The first kappa shape index (κ1) is 19.9. The molecule has 2 N–H and O–H groups in total. The summed E-state index contributed by atoms with van der Waals surface area (Å²) in [6.45, 7) is 1.67. The summed E-state index contributed by atoms with van der Waals surface area (Å²) in [6, 6.07) is 15.2. The van der Waals surface area contributed by atoms with Crippen LogP contribution in [0.2, 0.25) is 0 Å². The van der Waals surface area contributed by atoms with Crippen molar-refractivity contribution in [3.63, 3.8) is 0 Å². The number of ether oxygens (including phenoxy) is 1. The average molecular weight is 408 g/mol. The highest BCUT2D eigenvalue weighted by Crippen LogP contribution is 2.44. The van der Waals surface area contributed by atoms with Crippen LogP contribution < -0.4 is 5.32 Å². The third kappa shape index (κ3) is 3.30. The van der Waals surface area contributed by atoms with E-state index in [4.69, 9.17) is 4.74 Å². The van der Waals surface area contributed by atoms with E-state index in [9.17, 15) is 19.5 Å². The van der Waals surface area contributed by atoms with E-state index in [1.54, 1.807) is 0 Å². The molecule has 156 valence electrons. The second kappa shape index (κ2) is 7.48. The van der Waals surface area contributed by atoms with Crippen LogP contribution in [0.1, 0.15) is 36.8 Å². The number of carboxylic acid groups (broad SMARTS) is 1. The van der Waals surface area contributed by atoms with E-state index in [0.717, 1.165) is 22.3 Å². The molecule has 1 atom stereocenters. The molecule has 2 amide bonds. The number of likely N-dealkylation sites (N-methyl/N-ethyl adjacent to an activating group) is 1. The first-order chi connectivity index (χ1) is 14.3. The lowest BCUT2D eigenvalue weighted by Gasteiger charge is -2.27. The predicted molar refractivity (Wildman–Crippen MR) is 110 cm³/mol. The zero-order valence-corrected chi connectivity index (χ0v) is 16.9. The molecule has 4 rings (SSSR count). The van der Waals surface area contributed by atoms with Crippen molar-refractivity contribution in [1.82, 2.24) is 10.2 Å². The van der Waals surface area contributed by atoms with Crippen molar-refractivity contribution in [2.75, 3.05) is 13.7 Å². The Labute approximate surface area is 174 Å². The number of alkyl carbamates (subject to hydrolysis) is 1. The maximum absolute atomic E-state index is 12.5.